The van der Waals surface area contributed by atoms with Crippen molar-refractivity contribution in [3.8, 4) is 5.69 Å². The van der Waals surface area contributed by atoms with Gasteiger partial charge >= 0.3 is 11.9 Å². The Hall–Kier alpha value is -3.72. The summed E-state index contributed by atoms with van der Waals surface area (Å²) < 4.78 is 11.9. The summed E-state index contributed by atoms with van der Waals surface area (Å²) in [6.45, 7) is 4.48. The number of nitrogens with zero attached hydrogens (tertiary/aromatic N) is 3. The Morgan fingerprint density at radius 3 is 2.57 bits per heavy atom. The summed E-state index contributed by atoms with van der Waals surface area (Å²) in [6.07, 6.45) is 1.97. The van der Waals surface area contributed by atoms with Crippen molar-refractivity contribution in [2.24, 2.45) is 0 Å². The van der Waals surface area contributed by atoms with Crippen molar-refractivity contribution in [1.29, 1.82) is 0 Å². The average Bonchev–Trinajstić information content (AvgIpc) is 3.36. The maximum absolute atomic E-state index is 12.1. The summed E-state index contributed by atoms with van der Waals surface area (Å²) in [6, 6.07) is 14.9. The van der Waals surface area contributed by atoms with E-state index in [0.29, 0.717) is 17.2 Å². The van der Waals surface area contributed by atoms with Crippen molar-refractivity contribution >= 4 is 29.3 Å². The van der Waals surface area contributed by atoms with Crippen LogP contribution in [0.5, 0.6) is 0 Å². The molecule has 8 nitrogen and oxygen atoms in total. The fraction of sp³-hybridized carbons (Fsp3) is 0.308. The number of hydrogen-bond donors (Lipinski definition) is 1. The molecule has 1 aromatic carbocycles. The Morgan fingerprint density at radius 2 is 1.89 bits per heavy atom. The molecule has 1 saturated heterocycles. The molecule has 3 heterocycles. The molecule has 1 aliphatic heterocycles. The third-order valence-electron chi connectivity index (χ3n) is 6.30. The standard InChI is InChI=1S/C26H28N4O4S/c1-16-14-20(17(2)30(16)19-9-7-8-18(15-19)25(32)34-4)24-23(21-10-5-6-12-27-21)28-26(35)29(24)13-11-22(31)33-3/h5-10,12,14-15,23-24H,11,13H2,1-4H3,(H,28,35). The SMILES string of the molecule is COC(=O)CCN1C(=S)NC(c2ccccn2)C1c1cc(C)n(-c2cccc(C(=O)OC)c2)c1C. The van der Waals surface area contributed by atoms with Gasteiger partial charge in [0.05, 0.1) is 44.0 Å². The van der Waals surface area contributed by atoms with Crippen molar-refractivity contribution in [2.45, 2.75) is 32.4 Å². The van der Waals surface area contributed by atoms with Crippen molar-refractivity contribution < 1.29 is 19.1 Å². The number of nitrogens with one attached hydrogen (secondary N) is 1. The highest BCUT2D eigenvalue weighted by atomic mass is 32.1. The van der Waals surface area contributed by atoms with Gasteiger partial charge in [0.25, 0.3) is 0 Å². The van der Waals surface area contributed by atoms with Crippen molar-refractivity contribution in [3.05, 3.63) is 82.9 Å². The van der Waals surface area contributed by atoms with E-state index in [-0.39, 0.29) is 30.4 Å². The topological polar surface area (TPSA) is 85.7 Å². The third kappa shape index (κ3) is 4.77. The summed E-state index contributed by atoms with van der Waals surface area (Å²) >= 11 is 5.70. The molecule has 0 saturated carbocycles. The minimum atomic E-state index is -0.385. The van der Waals surface area contributed by atoms with E-state index < -0.39 is 0 Å². The van der Waals surface area contributed by atoms with Crippen molar-refractivity contribution in [2.75, 3.05) is 20.8 Å². The number of ether oxygens (including phenoxy) is 2. The average molecular weight is 493 g/mol. The van der Waals surface area contributed by atoms with Crippen LogP contribution in [0.15, 0.2) is 54.7 Å². The lowest BCUT2D eigenvalue weighted by Crippen LogP contribution is -2.32. The van der Waals surface area contributed by atoms with E-state index in [2.05, 4.69) is 20.9 Å². The van der Waals surface area contributed by atoms with Gasteiger partial charge in [-0.15, -0.1) is 0 Å². The summed E-state index contributed by atoms with van der Waals surface area (Å²) in [7, 11) is 2.75. The van der Waals surface area contributed by atoms with Crippen LogP contribution >= 0.6 is 12.2 Å². The zero-order valence-electron chi connectivity index (χ0n) is 20.1. The van der Waals surface area contributed by atoms with Gasteiger partial charge in [-0.2, -0.15) is 0 Å². The van der Waals surface area contributed by atoms with E-state index in [9.17, 15) is 9.59 Å². The van der Waals surface area contributed by atoms with Gasteiger partial charge in [0.1, 0.15) is 0 Å². The maximum Gasteiger partial charge on any atom is 0.337 e. The number of methoxy groups -OCH3 is 2. The van der Waals surface area contributed by atoms with Gasteiger partial charge in [0.15, 0.2) is 5.11 Å². The Morgan fingerprint density at radius 1 is 1.09 bits per heavy atom. The molecule has 0 radical (unpaired) electrons. The predicted octanol–water partition coefficient (Wildman–Crippen LogP) is 3.81. The normalized spacial score (nSPS) is 17.3. The number of carbonyl (C=O) groups is 2. The quantitative estimate of drug-likeness (QED) is 0.394. The van der Waals surface area contributed by atoms with Crippen LogP contribution in [0.1, 0.15) is 51.5 Å². The molecule has 0 aliphatic carbocycles. The molecule has 2 aromatic heterocycles. The molecule has 0 bridgehead atoms. The van der Waals surface area contributed by atoms with E-state index in [1.165, 1.54) is 14.2 Å². The molecule has 35 heavy (non-hydrogen) atoms. The van der Waals surface area contributed by atoms with Gasteiger partial charge in [0.2, 0.25) is 0 Å². The summed E-state index contributed by atoms with van der Waals surface area (Å²) in [4.78, 5) is 30.6. The van der Waals surface area contributed by atoms with Crippen LogP contribution in [0.3, 0.4) is 0 Å². The molecule has 0 amide bonds. The molecule has 1 aliphatic rings. The van der Waals surface area contributed by atoms with E-state index in [0.717, 1.165) is 28.3 Å². The molecule has 1 fully saturated rings. The molecule has 3 aromatic rings. The number of aromatic nitrogens is 2. The number of rotatable bonds is 7. The molecule has 182 valence electrons. The van der Waals surface area contributed by atoms with Crippen LogP contribution in [-0.4, -0.2) is 52.3 Å². The number of aryl methyl sites for hydroxylation is 1. The molecule has 0 spiro atoms. The highest BCUT2D eigenvalue weighted by Crippen LogP contribution is 2.41. The molecule has 2 atom stereocenters. The number of esters is 2. The van der Waals surface area contributed by atoms with Crippen LogP contribution in [0.25, 0.3) is 5.69 Å². The van der Waals surface area contributed by atoms with E-state index in [4.69, 9.17) is 21.7 Å². The van der Waals surface area contributed by atoms with Crippen molar-refractivity contribution in [3.63, 3.8) is 0 Å². The lowest BCUT2D eigenvalue weighted by Gasteiger charge is -2.28. The minimum absolute atomic E-state index is 0.189. The molecular weight excluding hydrogens is 464 g/mol. The van der Waals surface area contributed by atoms with Gasteiger partial charge in [-0.3, -0.25) is 9.78 Å². The largest absolute Gasteiger partial charge is 0.469 e. The lowest BCUT2D eigenvalue weighted by molar-refractivity contribution is -0.140. The van der Waals surface area contributed by atoms with Crippen LogP contribution in [-0.2, 0) is 14.3 Å². The summed E-state index contributed by atoms with van der Waals surface area (Å²) in [5, 5.41) is 3.97. The summed E-state index contributed by atoms with van der Waals surface area (Å²) in [5.41, 5.74) is 5.26. The number of carbonyl (C=O) groups excluding carboxylic acids is 2. The second-order valence-corrected chi connectivity index (χ2v) is 8.74. The van der Waals surface area contributed by atoms with E-state index in [1.807, 2.05) is 55.1 Å². The fourth-order valence-electron chi connectivity index (χ4n) is 4.67. The van der Waals surface area contributed by atoms with Gasteiger partial charge in [-0.1, -0.05) is 12.1 Å². The second-order valence-electron chi connectivity index (χ2n) is 8.35. The van der Waals surface area contributed by atoms with Gasteiger partial charge in [-0.05, 0) is 68.0 Å². The Kier molecular flexibility index (Phi) is 7.16. The van der Waals surface area contributed by atoms with Gasteiger partial charge < -0.3 is 24.3 Å². The number of benzene rings is 1. The fourth-order valence-corrected chi connectivity index (χ4v) is 5.00. The van der Waals surface area contributed by atoms with E-state index in [1.54, 1.807) is 12.3 Å². The van der Waals surface area contributed by atoms with Crippen LogP contribution in [0, 0.1) is 13.8 Å². The van der Waals surface area contributed by atoms with Gasteiger partial charge in [-0.25, -0.2) is 4.79 Å². The Labute approximate surface area is 209 Å². The monoisotopic (exact) mass is 492 g/mol. The molecular formula is C26H28N4O4S. The number of hydrogen-bond acceptors (Lipinski definition) is 6. The first-order valence-electron chi connectivity index (χ1n) is 11.3. The van der Waals surface area contributed by atoms with Crippen molar-refractivity contribution in [1.82, 2.24) is 19.8 Å². The molecule has 4 rings (SSSR count). The molecule has 9 heteroatoms. The highest BCUT2D eigenvalue weighted by Gasteiger charge is 2.41. The third-order valence-corrected chi connectivity index (χ3v) is 6.65. The first-order chi connectivity index (χ1) is 16.8. The molecule has 1 N–H and O–H groups in total. The zero-order chi connectivity index (χ0) is 25.1. The second kappa shape index (κ2) is 10.3. The first-order valence-corrected chi connectivity index (χ1v) is 11.7. The predicted molar refractivity (Wildman–Crippen MR) is 135 cm³/mol. The van der Waals surface area contributed by atoms with E-state index >= 15 is 0 Å². The first kappa shape index (κ1) is 24.4. The number of pyridine rings is 1. The number of thiocarbonyl (C=S) groups is 1. The summed E-state index contributed by atoms with van der Waals surface area (Å²) in [5.74, 6) is -0.679. The lowest BCUT2D eigenvalue weighted by atomic mass is 9.96. The maximum atomic E-state index is 12.1. The van der Waals surface area contributed by atoms with Crippen LogP contribution in [0.2, 0.25) is 0 Å². The van der Waals surface area contributed by atoms with Crippen LogP contribution in [0.4, 0.5) is 0 Å². The highest BCUT2D eigenvalue weighted by molar-refractivity contribution is 7.80. The molecule has 2 unspecified atom stereocenters. The minimum Gasteiger partial charge on any atom is -0.469 e. The zero-order valence-corrected chi connectivity index (χ0v) is 21.0. The van der Waals surface area contributed by atoms with Crippen LogP contribution < -0.4 is 5.32 Å². The Balaban J connectivity index is 1.79. The smallest absolute Gasteiger partial charge is 0.337 e. The Bertz CT molecular complexity index is 1260. The van der Waals surface area contributed by atoms with Gasteiger partial charge in [0, 0.05) is 29.8 Å².